The molecular weight excluding hydrogens is 423 g/mol. The summed E-state index contributed by atoms with van der Waals surface area (Å²) in [6.07, 6.45) is 0. The van der Waals surface area contributed by atoms with Crippen LogP contribution >= 0.6 is 34.2 Å². The van der Waals surface area contributed by atoms with E-state index in [1.165, 1.54) is 0 Å². The van der Waals surface area contributed by atoms with Gasteiger partial charge in [-0.05, 0) is 58.3 Å². The Hall–Kier alpha value is -1.11. The van der Waals surface area contributed by atoms with Crippen LogP contribution in [0.15, 0.2) is 48.5 Å². The number of carbonyl (C=O) groups is 1. The Morgan fingerprint density at radius 1 is 1.13 bits per heavy atom. The SMILES string of the molecule is CC(C)[C@H](NCC(=O)Nc1ccccc1I)c1ccc(Cl)cc1. The lowest BCUT2D eigenvalue weighted by Gasteiger charge is -2.23. The molecule has 0 radical (unpaired) electrons. The summed E-state index contributed by atoms with van der Waals surface area (Å²) in [7, 11) is 0. The third-order valence-corrected chi connectivity index (χ3v) is 4.72. The lowest BCUT2D eigenvalue weighted by Crippen LogP contribution is -2.33. The van der Waals surface area contributed by atoms with E-state index < -0.39 is 0 Å². The lowest BCUT2D eigenvalue weighted by atomic mass is 9.96. The van der Waals surface area contributed by atoms with Crippen molar-refractivity contribution >= 4 is 45.8 Å². The minimum atomic E-state index is -0.0475. The van der Waals surface area contributed by atoms with Crippen LogP contribution in [0.5, 0.6) is 0 Å². The maximum Gasteiger partial charge on any atom is 0.238 e. The number of para-hydroxylation sites is 1. The Bertz CT molecular complexity index is 658. The quantitative estimate of drug-likeness (QED) is 0.627. The molecule has 0 aromatic heterocycles. The Kier molecular flexibility index (Phi) is 6.87. The van der Waals surface area contributed by atoms with Gasteiger partial charge < -0.3 is 10.6 Å². The summed E-state index contributed by atoms with van der Waals surface area (Å²) in [5.41, 5.74) is 1.97. The lowest BCUT2D eigenvalue weighted by molar-refractivity contribution is -0.115. The van der Waals surface area contributed by atoms with E-state index in [0.29, 0.717) is 10.9 Å². The molecule has 2 rings (SSSR count). The largest absolute Gasteiger partial charge is 0.324 e. The number of nitrogens with one attached hydrogen (secondary N) is 2. The molecule has 0 saturated heterocycles. The van der Waals surface area contributed by atoms with Gasteiger partial charge in [-0.15, -0.1) is 0 Å². The van der Waals surface area contributed by atoms with Crippen molar-refractivity contribution in [3.8, 4) is 0 Å². The molecule has 0 saturated carbocycles. The van der Waals surface area contributed by atoms with E-state index in [1.54, 1.807) is 0 Å². The molecule has 5 heteroatoms. The minimum Gasteiger partial charge on any atom is -0.324 e. The van der Waals surface area contributed by atoms with Crippen molar-refractivity contribution in [3.05, 3.63) is 62.7 Å². The number of rotatable bonds is 6. The third kappa shape index (κ3) is 5.48. The Morgan fingerprint density at radius 2 is 1.78 bits per heavy atom. The molecule has 2 aromatic carbocycles. The van der Waals surface area contributed by atoms with Crippen molar-refractivity contribution in [2.45, 2.75) is 19.9 Å². The highest BCUT2D eigenvalue weighted by Crippen LogP contribution is 2.23. The fourth-order valence-corrected chi connectivity index (χ4v) is 3.02. The summed E-state index contributed by atoms with van der Waals surface area (Å²) in [5.74, 6) is 0.314. The van der Waals surface area contributed by atoms with Gasteiger partial charge in [0.05, 0.1) is 12.2 Å². The van der Waals surface area contributed by atoms with Gasteiger partial charge in [-0.2, -0.15) is 0 Å². The second-order valence-corrected chi connectivity index (χ2v) is 7.28. The molecule has 0 bridgehead atoms. The van der Waals surface area contributed by atoms with Crippen LogP contribution in [0.25, 0.3) is 0 Å². The first kappa shape index (κ1) is 18.2. The fraction of sp³-hybridized carbons (Fsp3) is 0.278. The number of hydrogen-bond donors (Lipinski definition) is 2. The van der Waals surface area contributed by atoms with Gasteiger partial charge >= 0.3 is 0 Å². The summed E-state index contributed by atoms with van der Waals surface area (Å²) in [4.78, 5) is 12.2. The molecule has 2 aromatic rings. The van der Waals surface area contributed by atoms with E-state index in [0.717, 1.165) is 14.8 Å². The zero-order valence-corrected chi connectivity index (χ0v) is 16.1. The number of benzene rings is 2. The number of carbonyl (C=O) groups excluding carboxylic acids is 1. The van der Waals surface area contributed by atoms with Gasteiger partial charge in [0.15, 0.2) is 0 Å². The van der Waals surface area contributed by atoms with Crippen LogP contribution in [-0.2, 0) is 4.79 Å². The van der Waals surface area contributed by atoms with E-state index >= 15 is 0 Å². The molecular formula is C18H20ClIN2O. The summed E-state index contributed by atoms with van der Waals surface area (Å²) in [6, 6.07) is 15.6. The molecule has 0 aliphatic carbocycles. The van der Waals surface area contributed by atoms with Gasteiger partial charge in [0, 0.05) is 14.6 Å². The molecule has 0 fully saturated rings. The van der Waals surface area contributed by atoms with E-state index in [-0.39, 0.29) is 18.5 Å². The first-order valence-electron chi connectivity index (χ1n) is 7.50. The van der Waals surface area contributed by atoms with Crippen molar-refractivity contribution in [2.75, 3.05) is 11.9 Å². The van der Waals surface area contributed by atoms with Gasteiger partial charge in [0.1, 0.15) is 0 Å². The summed E-state index contributed by atoms with van der Waals surface area (Å²) in [5, 5.41) is 6.99. The molecule has 0 aliphatic rings. The van der Waals surface area contributed by atoms with Crippen LogP contribution in [-0.4, -0.2) is 12.5 Å². The Labute approximate surface area is 156 Å². The van der Waals surface area contributed by atoms with Crippen LogP contribution in [0.3, 0.4) is 0 Å². The maximum absolute atomic E-state index is 12.2. The molecule has 3 nitrogen and oxygen atoms in total. The number of hydrogen-bond acceptors (Lipinski definition) is 2. The van der Waals surface area contributed by atoms with Gasteiger partial charge in [-0.25, -0.2) is 0 Å². The van der Waals surface area contributed by atoms with E-state index in [9.17, 15) is 4.79 Å². The molecule has 23 heavy (non-hydrogen) atoms. The molecule has 122 valence electrons. The standard InChI is InChI=1S/C18H20ClIN2O/c1-12(2)18(13-7-9-14(19)10-8-13)21-11-17(23)22-16-6-4-3-5-15(16)20/h3-10,12,18,21H,11H2,1-2H3,(H,22,23)/t18-/m0/s1. The third-order valence-electron chi connectivity index (χ3n) is 3.53. The van der Waals surface area contributed by atoms with Crippen molar-refractivity contribution in [1.82, 2.24) is 5.32 Å². The van der Waals surface area contributed by atoms with Crippen LogP contribution in [0.4, 0.5) is 5.69 Å². The smallest absolute Gasteiger partial charge is 0.238 e. The molecule has 0 spiro atoms. The fourth-order valence-electron chi connectivity index (χ4n) is 2.37. The molecule has 2 N–H and O–H groups in total. The predicted octanol–water partition coefficient (Wildman–Crippen LogP) is 4.87. The van der Waals surface area contributed by atoms with Gasteiger partial charge in [-0.1, -0.05) is 49.7 Å². The monoisotopic (exact) mass is 442 g/mol. The Morgan fingerprint density at radius 3 is 2.39 bits per heavy atom. The van der Waals surface area contributed by atoms with Gasteiger partial charge in [0.2, 0.25) is 5.91 Å². The molecule has 0 aliphatic heterocycles. The van der Waals surface area contributed by atoms with Crippen molar-refractivity contribution in [2.24, 2.45) is 5.92 Å². The highest BCUT2D eigenvalue weighted by atomic mass is 127. The van der Waals surface area contributed by atoms with Crippen LogP contribution < -0.4 is 10.6 Å². The van der Waals surface area contributed by atoms with E-state index in [2.05, 4.69) is 47.1 Å². The summed E-state index contributed by atoms with van der Waals surface area (Å²) >= 11 is 8.15. The summed E-state index contributed by atoms with van der Waals surface area (Å²) in [6.45, 7) is 4.52. The number of anilines is 1. The topological polar surface area (TPSA) is 41.1 Å². The second kappa shape index (κ2) is 8.66. The molecule has 1 atom stereocenters. The van der Waals surface area contributed by atoms with E-state index in [1.807, 2.05) is 48.5 Å². The summed E-state index contributed by atoms with van der Waals surface area (Å²) < 4.78 is 1.02. The second-order valence-electron chi connectivity index (χ2n) is 5.68. The minimum absolute atomic E-state index is 0.0475. The van der Waals surface area contributed by atoms with Crippen LogP contribution in [0.2, 0.25) is 5.02 Å². The van der Waals surface area contributed by atoms with Gasteiger partial charge in [0.25, 0.3) is 0 Å². The average molecular weight is 443 g/mol. The first-order chi connectivity index (χ1) is 11.0. The first-order valence-corrected chi connectivity index (χ1v) is 8.96. The maximum atomic E-state index is 12.2. The number of halogens is 2. The zero-order valence-electron chi connectivity index (χ0n) is 13.1. The predicted molar refractivity (Wildman–Crippen MR) is 105 cm³/mol. The Balaban J connectivity index is 1.97. The highest BCUT2D eigenvalue weighted by molar-refractivity contribution is 14.1. The normalized spacial score (nSPS) is 12.2. The van der Waals surface area contributed by atoms with Crippen LogP contribution in [0.1, 0.15) is 25.5 Å². The van der Waals surface area contributed by atoms with Gasteiger partial charge in [-0.3, -0.25) is 4.79 Å². The number of amides is 1. The zero-order chi connectivity index (χ0) is 16.8. The van der Waals surface area contributed by atoms with Crippen molar-refractivity contribution < 1.29 is 4.79 Å². The molecule has 0 unspecified atom stereocenters. The molecule has 1 amide bonds. The highest BCUT2D eigenvalue weighted by Gasteiger charge is 2.16. The molecule has 0 heterocycles. The van der Waals surface area contributed by atoms with Crippen molar-refractivity contribution in [1.29, 1.82) is 0 Å². The average Bonchev–Trinajstić information content (AvgIpc) is 2.51. The van der Waals surface area contributed by atoms with Crippen LogP contribution in [0, 0.1) is 9.49 Å². The van der Waals surface area contributed by atoms with E-state index in [4.69, 9.17) is 11.6 Å². The van der Waals surface area contributed by atoms with Crippen molar-refractivity contribution in [3.63, 3.8) is 0 Å².